The molecule has 0 radical (unpaired) electrons. The summed E-state index contributed by atoms with van der Waals surface area (Å²) >= 11 is 0. The summed E-state index contributed by atoms with van der Waals surface area (Å²) in [6, 6.07) is 5.85. The number of amides is 1. The molecule has 120 valence electrons. The number of carbonyl (C=O) groups excluding carboxylic acids is 1. The van der Waals surface area contributed by atoms with Crippen LogP contribution in [0.25, 0.3) is 0 Å². The number of methoxy groups -OCH3 is 1. The van der Waals surface area contributed by atoms with Gasteiger partial charge in [-0.15, -0.1) is 0 Å². The molecular formula is C18H25NO3. The van der Waals surface area contributed by atoms with E-state index >= 15 is 0 Å². The van der Waals surface area contributed by atoms with Gasteiger partial charge in [0.15, 0.2) is 0 Å². The summed E-state index contributed by atoms with van der Waals surface area (Å²) in [4.78, 5) is 12.5. The SMILES string of the molecule is COc1ccc2c(c1)OC(C)(C)CC2NC(=O)C1CCCC1. The van der Waals surface area contributed by atoms with Crippen LogP contribution in [0.2, 0.25) is 0 Å². The lowest BCUT2D eigenvalue weighted by Gasteiger charge is -2.38. The Bertz CT molecular complexity index is 561. The summed E-state index contributed by atoms with van der Waals surface area (Å²) in [5.41, 5.74) is 0.749. The Hall–Kier alpha value is -1.71. The Morgan fingerprint density at radius 3 is 2.73 bits per heavy atom. The van der Waals surface area contributed by atoms with Gasteiger partial charge < -0.3 is 14.8 Å². The standard InChI is InChI=1S/C18H25NO3/c1-18(2)11-15(19-17(20)12-6-4-5-7-12)14-9-8-13(21-3)10-16(14)22-18/h8-10,12,15H,4-7,11H2,1-3H3,(H,19,20). The molecule has 0 spiro atoms. The highest BCUT2D eigenvalue weighted by Crippen LogP contribution is 2.41. The van der Waals surface area contributed by atoms with Crippen LogP contribution >= 0.6 is 0 Å². The van der Waals surface area contributed by atoms with E-state index in [1.54, 1.807) is 7.11 Å². The summed E-state index contributed by atoms with van der Waals surface area (Å²) in [5, 5.41) is 3.25. The van der Waals surface area contributed by atoms with E-state index in [4.69, 9.17) is 9.47 Å². The first-order valence-electron chi connectivity index (χ1n) is 8.16. The van der Waals surface area contributed by atoms with Crippen molar-refractivity contribution in [3.63, 3.8) is 0 Å². The van der Waals surface area contributed by atoms with Crippen molar-refractivity contribution in [3.8, 4) is 11.5 Å². The molecule has 4 nitrogen and oxygen atoms in total. The summed E-state index contributed by atoms with van der Waals surface area (Å²) in [5.74, 6) is 1.97. The average molecular weight is 303 g/mol. The van der Waals surface area contributed by atoms with E-state index in [0.717, 1.165) is 36.3 Å². The summed E-state index contributed by atoms with van der Waals surface area (Å²) in [6.45, 7) is 4.12. The van der Waals surface area contributed by atoms with Crippen LogP contribution < -0.4 is 14.8 Å². The molecule has 1 unspecified atom stereocenters. The Morgan fingerprint density at radius 2 is 2.05 bits per heavy atom. The fraction of sp³-hybridized carbons (Fsp3) is 0.611. The fourth-order valence-corrected chi connectivity index (χ4v) is 3.57. The van der Waals surface area contributed by atoms with E-state index in [1.165, 1.54) is 12.8 Å². The van der Waals surface area contributed by atoms with Crippen molar-refractivity contribution < 1.29 is 14.3 Å². The first-order valence-corrected chi connectivity index (χ1v) is 8.16. The zero-order chi connectivity index (χ0) is 15.7. The number of carbonyl (C=O) groups is 1. The number of benzene rings is 1. The number of hydrogen-bond acceptors (Lipinski definition) is 3. The van der Waals surface area contributed by atoms with Gasteiger partial charge in [0.2, 0.25) is 5.91 Å². The predicted octanol–water partition coefficient (Wildman–Crippen LogP) is 3.60. The van der Waals surface area contributed by atoms with Crippen LogP contribution in [0.4, 0.5) is 0 Å². The number of rotatable bonds is 3. The fourth-order valence-electron chi connectivity index (χ4n) is 3.57. The molecule has 1 amide bonds. The molecule has 1 aromatic rings. The lowest BCUT2D eigenvalue weighted by molar-refractivity contribution is -0.126. The molecule has 1 aliphatic heterocycles. The van der Waals surface area contributed by atoms with E-state index in [9.17, 15) is 4.79 Å². The van der Waals surface area contributed by atoms with Gasteiger partial charge in [-0.3, -0.25) is 4.79 Å². The third kappa shape index (κ3) is 3.06. The van der Waals surface area contributed by atoms with Gasteiger partial charge in [0, 0.05) is 24.0 Å². The minimum Gasteiger partial charge on any atom is -0.497 e. The molecule has 0 aromatic heterocycles. The van der Waals surface area contributed by atoms with E-state index in [2.05, 4.69) is 19.2 Å². The van der Waals surface area contributed by atoms with Crippen LogP contribution in [-0.2, 0) is 4.79 Å². The number of fused-ring (bicyclic) bond motifs is 1. The molecule has 4 heteroatoms. The number of hydrogen-bond donors (Lipinski definition) is 1. The van der Waals surface area contributed by atoms with Crippen molar-refractivity contribution >= 4 is 5.91 Å². The number of ether oxygens (including phenoxy) is 2. The van der Waals surface area contributed by atoms with Crippen molar-refractivity contribution in [2.24, 2.45) is 5.92 Å². The van der Waals surface area contributed by atoms with Gasteiger partial charge in [-0.05, 0) is 38.8 Å². The molecule has 0 saturated heterocycles. The van der Waals surface area contributed by atoms with Gasteiger partial charge in [-0.1, -0.05) is 12.8 Å². The van der Waals surface area contributed by atoms with Crippen molar-refractivity contribution in [1.82, 2.24) is 5.32 Å². The molecule has 1 heterocycles. The van der Waals surface area contributed by atoms with Gasteiger partial charge in [-0.25, -0.2) is 0 Å². The molecule has 1 N–H and O–H groups in total. The van der Waals surface area contributed by atoms with Crippen LogP contribution in [0.15, 0.2) is 18.2 Å². The van der Waals surface area contributed by atoms with Gasteiger partial charge >= 0.3 is 0 Å². The highest BCUT2D eigenvalue weighted by atomic mass is 16.5. The molecule has 0 bridgehead atoms. The van der Waals surface area contributed by atoms with E-state index in [0.29, 0.717) is 0 Å². The van der Waals surface area contributed by atoms with E-state index < -0.39 is 0 Å². The maximum absolute atomic E-state index is 12.5. The third-order valence-electron chi connectivity index (χ3n) is 4.72. The second-order valence-corrected chi connectivity index (χ2v) is 7.01. The second kappa shape index (κ2) is 5.82. The third-order valence-corrected chi connectivity index (χ3v) is 4.72. The molecule has 1 aliphatic carbocycles. The van der Waals surface area contributed by atoms with Crippen molar-refractivity contribution in [2.75, 3.05) is 7.11 Å². The quantitative estimate of drug-likeness (QED) is 0.928. The first kappa shape index (κ1) is 15.2. The maximum Gasteiger partial charge on any atom is 0.223 e. The Morgan fingerprint density at radius 1 is 1.32 bits per heavy atom. The normalized spacial score (nSPS) is 23.5. The monoisotopic (exact) mass is 303 g/mol. The average Bonchev–Trinajstić information content (AvgIpc) is 2.99. The first-order chi connectivity index (χ1) is 10.5. The van der Waals surface area contributed by atoms with Gasteiger partial charge in [0.25, 0.3) is 0 Å². The topological polar surface area (TPSA) is 47.6 Å². The minimum absolute atomic E-state index is 0.0118. The second-order valence-electron chi connectivity index (χ2n) is 7.01. The summed E-state index contributed by atoms with van der Waals surface area (Å²) in [7, 11) is 1.65. The zero-order valence-electron chi connectivity index (χ0n) is 13.6. The van der Waals surface area contributed by atoms with Crippen LogP contribution in [-0.4, -0.2) is 18.6 Å². The molecule has 1 saturated carbocycles. The largest absolute Gasteiger partial charge is 0.497 e. The molecule has 1 atom stereocenters. The van der Waals surface area contributed by atoms with Crippen LogP contribution in [0.3, 0.4) is 0 Å². The smallest absolute Gasteiger partial charge is 0.223 e. The summed E-state index contributed by atoms with van der Waals surface area (Å²) in [6.07, 6.45) is 5.17. The van der Waals surface area contributed by atoms with Gasteiger partial charge in [0.05, 0.1) is 13.2 Å². The Labute approximate surface area is 132 Å². The predicted molar refractivity (Wildman–Crippen MR) is 85.2 cm³/mol. The van der Waals surface area contributed by atoms with E-state index in [1.807, 2.05) is 18.2 Å². The molecular weight excluding hydrogens is 278 g/mol. The lowest BCUT2D eigenvalue weighted by atomic mass is 9.89. The molecule has 1 fully saturated rings. The molecule has 22 heavy (non-hydrogen) atoms. The lowest BCUT2D eigenvalue weighted by Crippen LogP contribution is -2.42. The highest BCUT2D eigenvalue weighted by Gasteiger charge is 2.36. The van der Waals surface area contributed by atoms with Gasteiger partial charge in [0.1, 0.15) is 17.1 Å². The number of nitrogens with one attached hydrogen (secondary N) is 1. The summed E-state index contributed by atoms with van der Waals surface area (Å²) < 4.78 is 11.3. The Kier molecular flexibility index (Phi) is 4.02. The highest BCUT2D eigenvalue weighted by molar-refractivity contribution is 5.79. The Balaban J connectivity index is 1.83. The maximum atomic E-state index is 12.5. The van der Waals surface area contributed by atoms with Crippen molar-refractivity contribution in [2.45, 2.75) is 57.6 Å². The van der Waals surface area contributed by atoms with Gasteiger partial charge in [-0.2, -0.15) is 0 Å². The van der Waals surface area contributed by atoms with Crippen molar-refractivity contribution in [1.29, 1.82) is 0 Å². The molecule has 3 rings (SSSR count). The van der Waals surface area contributed by atoms with Crippen LogP contribution in [0, 0.1) is 5.92 Å². The molecule has 2 aliphatic rings. The van der Waals surface area contributed by atoms with Crippen LogP contribution in [0.5, 0.6) is 11.5 Å². The zero-order valence-corrected chi connectivity index (χ0v) is 13.6. The minimum atomic E-state index is -0.299. The van der Waals surface area contributed by atoms with Crippen LogP contribution in [0.1, 0.15) is 57.6 Å². The van der Waals surface area contributed by atoms with Crippen molar-refractivity contribution in [3.05, 3.63) is 23.8 Å². The molecule has 1 aromatic carbocycles. The van der Waals surface area contributed by atoms with E-state index in [-0.39, 0.29) is 23.5 Å².